The summed E-state index contributed by atoms with van der Waals surface area (Å²) in [4.78, 5) is 8.14. The third kappa shape index (κ3) is 3.63. The number of hydrogen-bond donors (Lipinski definition) is 0. The van der Waals surface area contributed by atoms with Gasteiger partial charge in [0.05, 0.1) is 13.4 Å². The fourth-order valence-electron chi connectivity index (χ4n) is 0.971. The zero-order valence-electron chi connectivity index (χ0n) is 9.89. The molecule has 0 radical (unpaired) electrons. The highest BCUT2D eigenvalue weighted by atomic mass is 32.2. The molecular weight excluding hydrogens is 284 g/mol. The molecule has 1 rings (SSSR count). The number of nitrogens with zero attached hydrogens (tertiary/aromatic N) is 2. The van der Waals surface area contributed by atoms with E-state index in [1.165, 1.54) is 32.4 Å². The van der Waals surface area contributed by atoms with Crippen LogP contribution in [0.1, 0.15) is 0 Å². The van der Waals surface area contributed by atoms with Crippen molar-refractivity contribution in [1.29, 1.82) is 0 Å². The summed E-state index contributed by atoms with van der Waals surface area (Å²) < 4.78 is 50.5. The molecule has 10 heteroatoms. The maximum absolute atomic E-state index is 11.8. The lowest BCUT2D eigenvalue weighted by Crippen LogP contribution is -2.26. The van der Waals surface area contributed by atoms with Gasteiger partial charge in [-0.25, -0.2) is 8.42 Å². The molecule has 18 heavy (non-hydrogen) atoms. The van der Waals surface area contributed by atoms with Gasteiger partial charge >= 0.3 is 10.1 Å². The maximum Gasteiger partial charge on any atom is 0.307 e. The molecule has 0 aromatic carbocycles. The second-order valence-corrected chi connectivity index (χ2v) is 6.66. The van der Waals surface area contributed by atoms with Gasteiger partial charge in [0.1, 0.15) is 0 Å². The summed E-state index contributed by atoms with van der Waals surface area (Å²) >= 11 is 0. The van der Waals surface area contributed by atoms with E-state index in [2.05, 4.69) is 14.0 Å². The van der Waals surface area contributed by atoms with Gasteiger partial charge in [-0.1, -0.05) is 10.5 Å². The third-order valence-corrected chi connectivity index (χ3v) is 3.85. The van der Waals surface area contributed by atoms with Crippen LogP contribution >= 0.6 is 0 Å². The Morgan fingerprint density at radius 3 is 2.33 bits per heavy atom. The van der Waals surface area contributed by atoms with E-state index in [1.807, 2.05) is 0 Å². The van der Waals surface area contributed by atoms with Crippen molar-refractivity contribution in [3.63, 3.8) is 0 Å². The fourth-order valence-corrected chi connectivity index (χ4v) is 2.29. The minimum Gasteiger partial charge on any atom is -0.362 e. The average Bonchev–Trinajstić information content (AvgIpc) is 2.26. The Balaban J connectivity index is 3.18. The van der Waals surface area contributed by atoms with Crippen molar-refractivity contribution in [3.8, 4) is 5.88 Å². The van der Waals surface area contributed by atoms with Crippen molar-refractivity contribution in [3.05, 3.63) is 18.2 Å². The first-order valence-electron chi connectivity index (χ1n) is 4.56. The molecule has 1 aromatic rings. The number of aromatic nitrogens is 1. The van der Waals surface area contributed by atoms with Gasteiger partial charge in [0.2, 0.25) is 5.88 Å². The van der Waals surface area contributed by atoms with Crippen molar-refractivity contribution in [1.82, 2.24) is 9.45 Å². The van der Waals surface area contributed by atoms with Crippen molar-refractivity contribution in [2.75, 3.05) is 20.4 Å². The monoisotopic (exact) mass is 296 g/mol. The second-order valence-electron chi connectivity index (χ2n) is 3.20. The Kier molecular flexibility index (Phi) is 4.27. The van der Waals surface area contributed by atoms with Crippen LogP contribution in [0.3, 0.4) is 0 Å². The van der Waals surface area contributed by atoms with E-state index in [0.717, 1.165) is 6.26 Å². The normalized spacial score (nSPS) is 12.7. The Morgan fingerprint density at radius 2 is 1.83 bits per heavy atom. The number of pyridine rings is 1. The van der Waals surface area contributed by atoms with E-state index in [9.17, 15) is 16.8 Å². The zero-order valence-corrected chi connectivity index (χ0v) is 11.5. The molecule has 0 N–H and O–H groups in total. The van der Waals surface area contributed by atoms with E-state index in [1.54, 1.807) is 0 Å². The number of hydroxylamine groups is 1. The van der Waals surface area contributed by atoms with Gasteiger partial charge in [0.25, 0.3) is 10.0 Å². The molecule has 102 valence electrons. The zero-order chi connectivity index (χ0) is 14.0. The largest absolute Gasteiger partial charge is 0.362 e. The van der Waals surface area contributed by atoms with Gasteiger partial charge in [0.15, 0.2) is 5.03 Å². The van der Waals surface area contributed by atoms with Crippen molar-refractivity contribution < 1.29 is 25.9 Å². The molecule has 8 nitrogen and oxygen atoms in total. The van der Waals surface area contributed by atoms with Crippen LogP contribution in [0, 0.1) is 0 Å². The Bertz CT molecular complexity index is 625. The van der Waals surface area contributed by atoms with Crippen LogP contribution in [0.4, 0.5) is 0 Å². The molecule has 0 saturated carbocycles. The molecule has 1 heterocycles. The molecular formula is C8H12N2O6S2. The molecule has 0 spiro atoms. The molecule has 0 unspecified atom stereocenters. The SMILES string of the molecule is CON(C)S(=O)(=O)c1cccc(OS(C)(=O)=O)n1. The smallest absolute Gasteiger partial charge is 0.307 e. The predicted molar refractivity (Wildman–Crippen MR) is 61.7 cm³/mol. The maximum atomic E-state index is 11.8. The van der Waals surface area contributed by atoms with Crippen LogP contribution in [-0.4, -0.2) is 46.7 Å². The van der Waals surface area contributed by atoms with Gasteiger partial charge in [-0.05, 0) is 6.07 Å². The highest BCUT2D eigenvalue weighted by molar-refractivity contribution is 7.88. The first-order chi connectivity index (χ1) is 8.16. The van der Waals surface area contributed by atoms with Gasteiger partial charge in [-0.3, -0.25) is 4.84 Å². The number of rotatable bonds is 5. The van der Waals surface area contributed by atoms with Crippen molar-refractivity contribution in [2.45, 2.75) is 5.03 Å². The molecule has 0 aliphatic rings. The first-order valence-corrected chi connectivity index (χ1v) is 7.82. The molecule has 0 aliphatic carbocycles. The minimum absolute atomic E-state index is 0.330. The van der Waals surface area contributed by atoms with E-state index >= 15 is 0 Å². The fraction of sp³-hybridized carbons (Fsp3) is 0.375. The van der Waals surface area contributed by atoms with Crippen LogP contribution in [0.15, 0.2) is 23.2 Å². The molecule has 0 bridgehead atoms. The summed E-state index contributed by atoms with van der Waals surface area (Å²) in [5.74, 6) is -0.330. The van der Waals surface area contributed by atoms with Crippen LogP contribution in [-0.2, 0) is 25.0 Å². The molecule has 0 atom stereocenters. The molecule has 0 fully saturated rings. The van der Waals surface area contributed by atoms with E-state index < -0.39 is 20.1 Å². The summed E-state index contributed by atoms with van der Waals surface area (Å²) in [5, 5.41) is -0.381. The Hall–Kier alpha value is -1.23. The first kappa shape index (κ1) is 14.8. The predicted octanol–water partition coefficient (Wildman–Crippen LogP) is -0.398. The standard InChI is InChI=1S/C8H12N2O6S2/c1-10(15-2)18(13,14)8-6-4-5-7(9-8)16-17(3,11)12/h4-6H,1-3H3. The lowest BCUT2D eigenvalue weighted by atomic mass is 10.5. The average molecular weight is 296 g/mol. The van der Waals surface area contributed by atoms with Gasteiger partial charge in [-0.15, -0.1) is 0 Å². The molecule has 1 aromatic heterocycles. The topological polar surface area (TPSA) is 103 Å². The van der Waals surface area contributed by atoms with Gasteiger partial charge in [-0.2, -0.15) is 13.4 Å². The summed E-state index contributed by atoms with van der Waals surface area (Å²) in [6, 6.07) is 3.73. The molecule has 0 aliphatic heterocycles. The van der Waals surface area contributed by atoms with E-state index in [4.69, 9.17) is 0 Å². The third-order valence-electron chi connectivity index (χ3n) is 1.79. The van der Waals surface area contributed by atoms with E-state index in [0.29, 0.717) is 4.47 Å². The van der Waals surface area contributed by atoms with Gasteiger partial charge < -0.3 is 4.18 Å². The van der Waals surface area contributed by atoms with Crippen molar-refractivity contribution >= 4 is 20.1 Å². The van der Waals surface area contributed by atoms with Gasteiger partial charge in [0, 0.05) is 13.1 Å². The lowest BCUT2D eigenvalue weighted by molar-refractivity contribution is -0.0261. The number of sulfonamides is 1. The minimum atomic E-state index is -3.94. The second kappa shape index (κ2) is 5.18. The van der Waals surface area contributed by atoms with Crippen LogP contribution in [0.25, 0.3) is 0 Å². The van der Waals surface area contributed by atoms with Crippen molar-refractivity contribution in [2.24, 2.45) is 0 Å². The summed E-state index contributed by atoms with van der Waals surface area (Å²) in [6.45, 7) is 0. The molecule has 0 saturated heterocycles. The summed E-state index contributed by atoms with van der Waals surface area (Å²) in [6.07, 6.45) is 0.830. The quantitative estimate of drug-likeness (QED) is 0.538. The highest BCUT2D eigenvalue weighted by Crippen LogP contribution is 2.16. The lowest BCUT2D eigenvalue weighted by Gasteiger charge is -2.13. The summed E-state index contributed by atoms with van der Waals surface area (Å²) in [7, 11) is -5.35. The highest BCUT2D eigenvalue weighted by Gasteiger charge is 2.23. The number of hydrogen-bond acceptors (Lipinski definition) is 7. The summed E-state index contributed by atoms with van der Waals surface area (Å²) in [5.41, 5.74) is 0. The molecule has 0 amide bonds. The van der Waals surface area contributed by atoms with Crippen LogP contribution in [0.2, 0.25) is 0 Å². The van der Waals surface area contributed by atoms with E-state index in [-0.39, 0.29) is 10.9 Å². The Labute approximate surface area is 105 Å². The van der Waals surface area contributed by atoms with Crippen LogP contribution in [0.5, 0.6) is 5.88 Å². The Morgan fingerprint density at radius 1 is 1.22 bits per heavy atom. The van der Waals surface area contributed by atoms with Crippen LogP contribution < -0.4 is 4.18 Å².